The third kappa shape index (κ3) is 12.8. The fourth-order valence-corrected chi connectivity index (χ4v) is 1.19. The number of rotatable bonds is 10. The van der Waals surface area contributed by atoms with Gasteiger partial charge >= 0.3 is 6.03 Å². The van der Waals surface area contributed by atoms with Gasteiger partial charge < -0.3 is 15.4 Å². The van der Waals surface area contributed by atoms with Gasteiger partial charge in [-0.05, 0) is 13.3 Å². The Balaban J connectivity index is 3.19. The molecular weight excluding hydrogens is 220 g/mol. The Morgan fingerprint density at radius 1 is 1.06 bits per heavy atom. The molecular formula is C12H24N2O3. The predicted octanol–water partition coefficient (Wildman–Crippen LogP) is 1.47. The van der Waals surface area contributed by atoms with Crippen molar-refractivity contribution in [3.63, 3.8) is 0 Å². The van der Waals surface area contributed by atoms with Crippen LogP contribution in [-0.4, -0.2) is 38.1 Å². The molecule has 0 fully saturated rings. The summed E-state index contributed by atoms with van der Waals surface area (Å²) in [5.74, 6) is 0.117. The van der Waals surface area contributed by atoms with Crippen molar-refractivity contribution in [2.24, 2.45) is 0 Å². The van der Waals surface area contributed by atoms with Crippen LogP contribution in [0.25, 0.3) is 0 Å². The first-order valence-electron chi connectivity index (χ1n) is 6.25. The largest absolute Gasteiger partial charge is 0.379 e. The van der Waals surface area contributed by atoms with Crippen LogP contribution in [0, 0.1) is 0 Å². The number of ether oxygens (including phenoxy) is 1. The van der Waals surface area contributed by atoms with Gasteiger partial charge in [-0.3, -0.25) is 4.79 Å². The predicted molar refractivity (Wildman–Crippen MR) is 67.0 cm³/mol. The van der Waals surface area contributed by atoms with E-state index in [-0.39, 0.29) is 11.8 Å². The normalized spacial score (nSPS) is 10.0. The van der Waals surface area contributed by atoms with E-state index in [4.69, 9.17) is 4.74 Å². The van der Waals surface area contributed by atoms with E-state index in [1.807, 2.05) is 0 Å². The number of urea groups is 1. The van der Waals surface area contributed by atoms with Crippen LogP contribution in [0.1, 0.15) is 39.5 Å². The minimum atomic E-state index is -0.156. The fraction of sp³-hybridized carbons (Fsp3) is 0.833. The number of Topliss-reactive ketones (excluding diaryl/α,β-unsaturated/α-hetero) is 1. The molecule has 0 aromatic carbocycles. The summed E-state index contributed by atoms with van der Waals surface area (Å²) in [5.41, 5.74) is 0. The quantitative estimate of drug-likeness (QED) is 0.572. The van der Waals surface area contributed by atoms with Crippen molar-refractivity contribution in [3.8, 4) is 0 Å². The molecule has 100 valence electrons. The van der Waals surface area contributed by atoms with Crippen LogP contribution < -0.4 is 10.6 Å². The highest BCUT2D eigenvalue weighted by molar-refractivity contribution is 5.75. The zero-order valence-corrected chi connectivity index (χ0v) is 10.9. The summed E-state index contributed by atoms with van der Waals surface area (Å²) in [7, 11) is 0. The van der Waals surface area contributed by atoms with Crippen molar-refractivity contribution in [3.05, 3.63) is 0 Å². The molecule has 0 aliphatic carbocycles. The topological polar surface area (TPSA) is 67.4 Å². The van der Waals surface area contributed by atoms with Gasteiger partial charge in [-0.1, -0.05) is 19.8 Å². The minimum absolute atomic E-state index is 0.117. The molecule has 0 aromatic rings. The molecule has 2 N–H and O–H groups in total. The van der Waals surface area contributed by atoms with Gasteiger partial charge in [-0.2, -0.15) is 0 Å². The van der Waals surface area contributed by atoms with E-state index in [1.54, 1.807) is 0 Å². The maximum absolute atomic E-state index is 11.2. The lowest BCUT2D eigenvalue weighted by molar-refractivity contribution is -0.118. The number of carbonyl (C=O) groups excluding carboxylic acids is 2. The highest BCUT2D eigenvalue weighted by Gasteiger charge is 1.98. The lowest BCUT2D eigenvalue weighted by Crippen LogP contribution is -2.37. The average molecular weight is 244 g/mol. The Labute approximate surface area is 103 Å². The molecule has 0 atom stereocenters. The third-order valence-electron chi connectivity index (χ3n) is 2.20. The lowest BCUT2D eigenvalue weighted by atomic mass is 10.2. The molecule has 0 saturated carbocycles. The van der Waals surface area contributed by atoms with Crippen LogP contribution in [0.3, 0.4) is 0 Å². The zero-order chi connectivity index (χ0) is 12.9. The molecule has 0 heterocycles. The summed E-state index contributed by atoms with van der Waals surface area (Å²) in [6.07, 6.45) is 3.73. The Hall–Kier alpha value is -1.10. The van der Waals surface area contributed by atoms with Gasteiger partial charge in [-0.15, -0.1) is 0 Å². The maximum Gasteiger partial charge on any atom is 0.314 e. The molecule has 0 rings (SSSR count). The van der Waals surface area contributed by atoms with Crippen LogP contribution in [0.2, 0.25) is 0 Å². The van der Waals surface area contributed by atoms with E-state index >= 15 is 0 Å². The first kappa shape index (κ1) is 15.9. The smallest absolute Gasteiger partial charge is 0.314 e. The summed E-state index contributed by atoms with van der Waals surface area (Å²) in [5, 5.41) is 5.45. The molecule has 0 radical (unpaired) electrons. The van der Waals surface area contributed by atoms with E-state index in [9.17, 15) is 9.59 Å². The molecule has 0 saturated heterocycles. The Morgan fingerprint density at radius 2 is 1.76 bits per heavy atom. The SMILES string of the molecule is CCCCCNC(=O)NCCOCCC(C)=O. The number of hydrogen-bond donors (Lipinski definition) is 2. The van der Waals surface area contributed by atoms with E-state index < -0.39 is 0 Å². The molecule has 0 aliphatic rings. The fourth-order valence-electron chi connectivity index (χ4n) is 1.19. The van der Waals surface area contributed by atoms with E-state index in [2.05, 4.69) is 17.6 Å². The Morgan fingerprint density at radius 3 is 2.41 bits per heavy atom. The van der Waals surface area contributed by atoms with Gasteiger partial charge in [0.1, 0.15) is 5.78 Å². The molecule has 0 unspecified atom stereocenters. The van der Waals surface area contributed by atoms with Gasteiger partial charge in [0.05, 0.1) is 13.2 Å². The second kappa shape index (κ2) is 11.4. The number of nitrogens with one attached hydrogen (secondary N) is 2. The van der Waals surface area contributed by atoms with Gasteiger partial charge in [-0.25, -0.2) is 4.79 Å². The van der Waals surface area contributed by atoms with Gasteiger partial charge in [0.15, 0.2) is 0 Å². The minimum Gasteiger partial charge on any atom is -0.379 e. The van der Waals surface area contributed by atoms with Crippen molar-refractivity contribution < 1.29 is 14.3 Å². The second-order valence-electron chi connectivity index (χ2n) is 3.95. The molecule has 0 bridgehead atoms. The maximum atomic E-state index is 11.2. The highest BCUT2D eigenvalue weighted by Crippen LogP contribution is 1.90. The molecule has 17 heavy (non-hydrogen) atoms. The summed E-state index contributed by atoms with van der Waals surface area (Å²) in [6, 6.07) is -0.156. The molecule has 0 aromatic heterocycles. The van der Waals surface area contributed by atoms with Crippen LogP contribution in [0.4, 0.5) is 4.79 Å². The molecule has 0 spiro atoms. The summed E-state index contributed by atoms with van der Waals surface area (Å²) in [6.45, 7) is 5.71. The number of carbonyl (C=O) groups is 2. The number of unbranched alkanes of at least 4 members (excludes halogenated alkanes) is 2. The van der Waals surface area contributed by atoms with Crippen LogP contribution in [-0.2, 0) is 9.53 Å². The van der Waals surface area contributed by atoms with Crippen LogP contribution in [0.15, 0.2) is 0 Å². The summed E-state index contributed by atoms with van der Waals surface area (Å²) < 4.78 is 5.17. The van der Waals surface area contributed by atoms with Crippen molar-refractivity contribution in [1.82, 2.24) is 10.6 Å². The number of amides is 2. The van der Waals surface area contributed by atoms with Gasteiger partial charge in [0.2, 0.25) is 0 Å². The van der Waals surface area contributed by atoms with E-state index in [0.717, 1.165) is 19.3 Å². The third-order valence-corrected chi connectivity index (χ3v) is 2.20. The van der Waals surface area contributed by atoms with E-state index in [1.165, 1.54) is 6.92 Å². The van der Waals surface area contributed by atoms with Crippen molar-refractivity contribution in [1.29, 1.82) is 0 Å². The van der Waals surface area contributed by atoms with Crippen LogP contribution >= 0.6 is 0 Å². The molecule has 0 aliphatic heterocycles. The van der Waals surface area contributed by atoms with Crippen molar-refractivity contribution in [2.75, 3.05) is 26.3 Å². The van der Waals surface area contributed by atoms with Crippen molar-refractivity contribution in [2.45, 2.75) is 39.5 Å². The highest BCUT2D eigenvalue weighted by atomic mass is 16.5. The zero-order valence-electron chi connectivity index (χ0n) is 10.9. The Kier molecular flexibility index (Phi) is 10.7. The summed E-state index contributed by atoms with van der Waals surface area (Å²) >= 11 is 0. The molecule has 5 heteroatoms. The first-order chi connectivity index (χ1) is 8.16. The number of ketones is 1. The number of hydrogen-bond acceptors (Lipinski definition) is 3. The standard InChI is InChI=1S/C12H24N2O3/c1-3-4-5-7-13-12(16)14-8-10-17-9-6-11(2)15/h3-10H2,1-2H3,(H2,13,14,16). The monoisotopic (exact) mass is 244 g/mol. The van der Waals surface area contributed by atoms with E-state index in [0.29, 0.717) is 32.7 Å². The molecule has 5 nitrogen and oxygen atoms in total. The van der Waals surface area contributed by atoms with Gasteiger partial charge in [0, 0.05) is 19.5 Å². The van der Waals surface area contributed by atoms with Gasteiger partial charge in [0.25, 0.3) is 0 Å². The average Bonchev–Trinajstić information content (AvgIpc) is 2.29. The van der Waals surface area contributed by atoms with Crippen molar-refractivity contribution >= 4 is 11.8 Å². The lowest BCUT2D eigenvalue weighted by Gasteiger charge is -2.07. The first-order valence-corrected chi connectivity index (χ1v) is 6.25. The Bertz CT molecular complexity index is 220. The summed E-state index contributed by atoms with van der Waals surface area (Å²) in [4.78, 5) is 21.8. The molecule has 2 amide bonds. The van der Waals surface area contributed by atoms with Crippen LogP contribution in [0.5, 0.6) is 0 Å². The second-order valence-corrected chi connectivity index (χ2v) is 3.95.